The van der Waals surface area contributed by atoms with E-state index < -0.39 is 0 Å². The number of nitrogens with one attached hydrogen (secondary N) is 1. The number of benzene rings is 2. The number of ether oxygens (including phenoxy) is 1. The molecule has 0 radical (unpaired) electrons. The molecule has 0 atom stereocenters. The van der Waals surface area contributed by atoms with Crippen LogP contribution in [0.2, 0.25) is 0 Å². The molecule has 0 heterocycles. The first kappa shape index (κ1) is 13.4. The van der Waals surface area contributed by atoms with Crippen molar-refractivity contribution in [2.75, 3.05) is 11.1 Å². The minimum atomic E-state index is -0.151. The summed E-state index contributed by atoms with van der Waals surface area (Å²) in [6, 6.07) is 13.8. The lowest BCUT2D eigenvalue weighted by Gasteiger charge is -2.09. The summed E-state index contributed by atoms with van der Waals surface area (Å²) in [6.45, 7) is 1.44. The number of amides is 1. The lowest BCUT2D eigenvalue weighted by molar-refractivity contribution is -0.114. The number of rotatable bonds is 3. The number of hydrogen-bond donors (Lipinski definition) is 2. The van der Waals surface area contributed by atoms with Crippen LogP contribution < -0.4 is 15.8 Å². The van der Waals surface area contributed by atoms with Crippen molar-refractivity contribution in [2.45, 2.75) is 6.92 Å². The summed E-state index contributed by atoms with van der Waals surface area (Å²) in [5, 5.41) is 11.6. The lowest BCUT2D eigenvalue weighted by Crippen LogP contribution is -2.05. The van der Waals surface area contributed by atoms with Gasteiger partial charge in [0, 0.05) is 30.4 Å². The first-order valence-corrected chi connectivity index (χ1v) is 5.93. The molecule has 0 aromatic heterocycles. The van der Waals surface area contributed by atoms with E-state index in [0.29, 0.717) is 28.4 Å². The largest absolute Gasteiger partial charge is 0.457 e. The van der Waals surface area contributed by atoms with E-state index in [1.54, 1.807) is 42.5 Å². The van der Waals surface area contributed by atoms with E-state index in [2.05, 4.69) is 5.32 Å². The molecule has 5 nitrogen and oxygen atoms in total. The monoisotopic (exact) mass is 267 g/mol. The number of nitrogens with zero attached hydrogens (tertiary/aromatic N) is 1. The summed E-state index contributed by atoms with van der Waals surface area (Å²) in [5.41, 5.74) is 7.06. The maximum atomic E-state index is 11.0. The Labute approximate surface area is 116 Å². The van der Waals surface area contributed by atoms with Crippen LogP contribution in [0.3, 0.4) is 0 Å². The molecule has 0 bridgehead atoms. The van der Waals surface area contributed by atoms with Crippen LogP contribution in [-0.4, -0.2) is 5.91 Å². The maximum absolute atomic E-state index is 11.0. The van der Waals surface area contributed by atoms with E-state index in [9.17, 15) is 4.79 Å². The minimum absolute atomic E-state index is 0.151. The molecular weight excluding hydrogens is 254 g/mol. The second-order valence-corrected chi connectivity index (χ2v) is 4.17. The first-order chi connectivity index (χ1) is 9.58. The van der Waals surface area contributed by atoms with Gasteiger partial charge in [-0.25, -0.2) is 0 Å². The summed E-state index contributed by atoms with van der Waals surface area (Å²) < 4.78 is 5.64. The second-order valence-electron chi connectivity index (χ2n) is 4.17. The third-order valence-electron chi connectivity index (χ3n) is 2.54. The average molecular weight is 267 g/mol. The van der Waals surface area contributed by atoms with Crippen LogP contribution in [0.25, 0.3) is 0 Å². The third kappa shape index (κ3) is 3.27. The van der Waals surface area contributed by atoms with Crippen molar-refractivity contribution < 1.29 is 9.53 Å². The molecular formula is C15H13N3O2. The minimum Gasteiger partial charge on any atom is -0.457 e. The van der Waals surface area contributed by atoms with Gasteiger partial charge in [0.25, 0.3) is 0 Å². The summed E-state index contributed by atoms with van der Waals surface area (Å²) in [4.78, 5) is 11.0. The summed E-state index contributed by atoms with van der Waals surface area (Å²) in [6.07, 6.45) is 0. The fraction of sp³-hybridized carbons (Fsp3) is 0.0667. The molecule has 0 aliphatic carbocycles. The first-order valence-electron chi connectivity index (χ1n) is 5.93. The third-order valence-corrected chi connectivity index (χ3v) is 2.54. The Morgan fingerprint density at radius 3 is 2.70 bits per heavy atom. The Bertz CT molecular complexity index is 690. The van der Waals surface area contributed by atoms with Crippen molar-refractivity contribution in [3.05, 3.63) is 48.0 Å². The van der Waals surface area contributed by atoms with Crippen LogP contribution in [-0.2, 0) is 4.79 Å². The highest BCUT2D eigenvalue weighted by atomic mass is 16.5. The summed E-state index contributed by atoms with van der Waals surface area (Å²) >= 11 is 0. The van der Waals surface area contributed by atoms with Crippen molar-refractivity contribution in [2.24, 2.45) is 0 Å². The van der Waals surface area contributed by atoms with E-state index >= 15 is 0 Å². The Kier molecular flexibility index (Phi) is 3.87. The molecule has 0 saturated heterocycles. The highest BCUT2D eigenvalue weighted by Gasteiger charge is 2.04. The van der Waals surface area contributed by atoms with Crippen molar-refractivity contribution in [1.29, 1.82) is 5.26 Å². The predicted octanol–water partition coefficient (Wildman–Crippen LogP) is 2.89. The van der Waals surface area contributed by atoms with Gasteiger partial charge in [-0.2, -0.15) is 5.26 Å². The molecule has 0 saturated carbocycles. The topological polar surface area (TPSA) is 88.1 Å². The van der Waals surface area contributed by atoms with Gasteiger partial charge in [0.1, 0.15) is 17.6 Å². The number of anilines is 2. The van der Waals surface area contributed by atoms with Crippen LogP contribution in [0.5, 0.6) is 11.5 Å². The van der Waals surface area contributed by atoms with Crippen LogP contribution in [0.4, 0.5) is 11.4 Å². The molecule has 5 heteroatoms. The standard InChI is InChI=1S/C15H13N3O2/c1-10(19)18-12-3-2-4-13(8-12)20-14-5-6-15(17)11(7-14)9-16/h2-8H,17H2,1H3,(H,18,19). The van der Waals surface area contributed by atoms with Gasteiger partial charge in [0.05, 0.1) is 5.56 Å². The number of hydrogen-bond acceptors (Lipinski definition) is 4. The molecule has 0 unspecified atom stereocenters. The maximum Gasteiger partial charge on any atom is 0.221 e. The highest BCUT2D eigenvalue weighted by molar-refractivity contribution is 5.88. The van der Waals surface area contributed by atoms with E-state index in [1.165, 1.54) is 6.92 Å². The van der Waals surface area contributed by atoms with Crippen molar-refractivity contribution >= 4 is 17.3 Å². The Hall–Kier alpha value is -3.00. The van der Waals surface area contributed by atoms with Crippen molar-refractivity contribution in [1.82, 2.24) is 0 Å². The van der Waals surface area contributed by atoms with Gasteiger partial charge in [0.2, 0.25) is 5.91 Å². The molecule has 2 aromatic rings. The number of nitrogens with two attached hydrogens (primary N) is 1. The molecule has 100 valence electrons. The molecule has 0 spiro atoms. The Morgan fingerprint density at radius 2 is 2.00 bits per heavy atom. The molecule has 20 heavy (non-hydrogen) atoms. The van der Waals surface area contributed by atoms with E-state index in [0.717, 1.165) is 0 Å². The van der Waals surface area contributed by atoms with Crippen molar-refractivity contribution in [3.63, 3.8) is 0 Å². The number of carbonyl (C=O) groups excluding carboxylic acids is 1. The van der Waals surface area contributed by atoms with E-state index in [4.69, 9.17) is 15.7 Å². The Balaban J connectivity index is 2.22. The zero-order chi connectivity index (χ0) is 14.5. The second kappa shape index (κ2) is 5.76. The van der Waals surface area contributed by atoms with Crippen LogP contribution >= 0.6 is 0 Å². The quantitative estimate of drug-likeness (QED) is 0.837. The van der Waals surface area contributed by atoms with Crippen LogP contribution in [0.15, 0.2) is 42.5 Å². The van der Waals surface area contributed by atoms with E-state index in [1.807, 2.05) is 6.07 Å². The normalized spacial score (nSPS) is 9.60. The van der Waals surface area contributed by atoms with Crippen molar-refractivity contribution in [3.8, 4) is 17.6 Å². The zero-order valence-corrected chi connectivity index (χ0v) is 10.9. The lowest BCUT2D eigenvalue weighted by atomic mass is 10.2. The number of nitriles is 1. The van der Waals surface area contributed by atoms with Gasteiger partial charge in [0.15, 0.2) is 0 Å². The van der Waals surface area contributed by atoms with Crippen LogP contribution in [0, 0.1) is 11.3 Å². The SMILES string of the molecule is CC(=O)Nc1cccc(Oc2ccc(N)c(C#N)c2)c1. The average Bonchev–Trinajstić information content (AvgIpc) is 2.40. The molecule has 2 rings (SSSR count). The fourth-order valence-corrected chi connectivity index (χ4v) is 1.67. The Morgan fingerprint density at radius 1 is 1.25 bits per heavy atom. The molecule has 1 amide bonds. The smallest absolute Gasteiger partial charge is 0.221 e. The van der Waals surface area contributed by atoms with Gasteiger partial charge in [-0.1, -0.05) is 6.07 Å². The highest BCUT2D eigenvalue weighted by Crippen LogP contribution is 2.26. The van der Waals surface area contributed by atoms with Gasteiger partial charge in [-0.3, -0.25) is 4.79 Å². The van der Waals surface area contributed by atoms with Gasteiger partial charge >= 0.3 is 0 Å². The molecule has 0 fully saturated rings. The van der Waals surface area contributed by atoms with E-state index in [-0.39, 0.29) is 5.91 Å². The predicted molar refractivity (Wildman–Crippen MR) is 76.4 cm³/mol. The number of nitrogen functional groups attached to an aromatic ring is 1. The van der Waals surface area contributed by atoms with Gasteiger partial charge in [-0.05, 0) is 24.3 Å². The molecule has 3 N–H and O–H groups in total. The molecule has 2 aromatic carbocycles. The van der Waals surface area contributed by atoms with Crippen LogP contribution in [0.1, 0.15) is 12.5 Å². The fourth-order valence-electron chi connectivity index (χ4n) is 1.67. The molecule has 0 aliphatic rings. The van der Waals surface area contributed by atoms with Gasteiger partial charge in [-0.15, -0.1) is 0 Å². The number of carbonyl (C=O) groups is 1. The summed E-state index contributed by atoms with van der Waals surface area (Å²) in [5.74, 6) is 0.919. The molecule has 0 aliphatic heterocycles. The summed E-state index contributed by atoms with van der Waals surface area (Å²) in [7, 11) is 0. The zero-order valence-electron chi connectivity index (χ0n) is 10.9. The van der Waals surface area contributed by atoms with Gasteiger partial charge < -0.3 is 15.8 Å².